The van der Waals surface area contributed by atoms with Crippen LogP contribution in [0.25, 0.3) is 0 Å². The summed E-state index contributed by atoms with van der Waals surface area (Å²) in [6.07, 6.45) is 2.19. The Morgan fingerprint density at radius 2 is 1.76 bits per heavy atom. The first kappa shape index (κ1) is 15.4. The van der Waals surface area contributed by atoms with Crippen molar-refractivity contribution in [3.8, 4) is 0 Å². The van der Waals surface area contributed by atoms with Gasteiger partial charge in [0.15, 0.2) is 0 Å². The minimum absolute atomic E-state index is 0.0396. The number of hydrogen-bond acceptors (Lipinski definition) is 3. The van der Waals surface area contributed by atoms with E-state index in [0.29, 0.717) is 5.56 Å². The van der Waals surface area contributed by atoms with E-state index in [2.05, 4.69) is 10.6 Å². The highest BCUT2D eigenvalue weighted by atomic mass is 16.2. The Morgan fingerprint density at radius 3 is 2.33 bits per heavy atom. The molecule has 1 fully saturated rings. The van der Waals surface area contributed by atoms with Gasteiger partial charge in [-0.15, -0.1) is 0 Å². The van der Waals surface area contributed by atoms with E-state index in [1.54, 1.807) is 0 Å². The molecule has 1 aromatic rings. The van der Waals surface area contributed by atoms with Crippen LogP contribution in [0.15, 0.2) is 24.3 Å². The number of rotatable bonds is 5. The second-order valence-corrected chi connectivity index (χ2v) is 5.65. The first-order chi connectivity index (χ1) is 10.1. The molecular weight excluding hydrogens is 266 g/mol. The average Bonchev–Trinajstić information content (AvgIpc) is 2.98. The normalized spacial score (nSPS) is 14.3. The van der Waals surface area contributed by atoms with Gasteiger partial charge in [-0.2, -0.15) is 0 Å². The number of likely N-dealkylation sites (tertiary alicyclic amines) is 1. The maximum Gasteiger partial charge on any atom is 0.253 e. The summed E-state index contributed by atoms with van der Waals surface area (Å²) in [7, 11) is 0. The predicted octanol–water partition coefficient (Wildman–Crippen LogP) is 1.86. The third kappa shape index (κ3) is 4.48. The number of amides is 2. The van der Waals surface area contributed by atoms with E-state index >= 15 is 0 Å². The summed E-state index contributed by atoms with van der Waals surface area (Å²) >= 11 is 0. The molecule has 1 saturated heterocycles. The Morgan fingerprint density at radius 1 is 1.14 bits per heavy atom. The zero-order valence-electron chi connectivity index (χ0n) is 12.7. The van der Waals surface area contributed by atoms with Crippen LogP contribution in [0.5, 0.6) is 0 Å². The lowest BCUT2D eigenvalue weighted by Crippen LogP contribution is -2.34. The summed E-state index contributed by atoms with van der Waals surface area (Å²) in [6, 6.07) is 7.43. The molecule has 0 saturated carbocycles. The Labute approximate surface area is 125 Å². The van der Waals surface area contributed by atoms with Gasteiger partial charge in [-0.1, -0.05) is 0 Å². The Hall–Kier alpha value is -2.04. The zero-order chi connectivity index (χ0) is 15.2. The minimum Gasteiger partial charge on any atom is -0.376 e. The molecular formula is C16H23N3O2. The minimum atomic E-state index is -0.0396. The Balaban J connectivity index is 1.87. The van der Waals surface area contributed by atoms with Gasteiger partial charge in [0.05, 0.1) is 6.54 Å². The first-order valence-corrected chi connectivity index (χ1v) is 7.49. The van der Waals surface area contributed by atoms with Crippen molar-refractivity contribution in [2.45, 2.75) is 32.7 Å². The molecule has 0 radical (unpaired) electrons. The van der Waals surface area contributed by atoms with Crippen LogP contribution in [-0.4, -0.2) is 42.4 Å². The van der Waals surface area contributed by atoms with Gasteiger partial charge in [-0.05, 0) is 51.0 Å². The van der Waals surface area contributed by atoms with Crippen molar-refractivity contribution in [1.29, 1.82) is 0 Å². The van der Waals surface area contributed by atoms with Crippen LogP contribution in [-0.2, 0) is 4.79 Å². The van der Waals surface area contributed by atoms with Crippen molar-refractivity contribution in [3.63, 3.8) is 0 Å². The average molecular weight is 289 g/mol. The van der Waals surface area contributed by atoms with Crippen molar-refractivity contribution in [3.05, 3.63) is 29.8 Å². The van der Waals surface area contributed by atoms with E-state index in [-0.39, 0.29) is 24.4 Å². The van der Waals surface area contributed by atoms with Gasteiger partial charge in [0, 0.05) is 30.4 Å². The summed E-state index contributed by atoms with van der Waals surface area (Å²) in [4.78, 5) is 25.6. The lowest BCUT2D eigenvalue weighted by Gasteiger charge is -2.15. The monoisotopic (exact) mass is 289 g/mol. The summed E-state index contributed by atoms with van der Waals surface area (Å²) in [6.45, 7) is 5.80. The first-order valence-electron chi connectivity index (χ1n) is 7.49. The molecule has 1 heterocycles. The number of carbonyl (C=O) groups excluding carboxylic acids is 2. The highest BCUT2D eigenvalue weighted by Gasteiger charge is 2.19. The maximum atomic E-state index is 12.2. The summed E-state index contributed by atoms with van der Waals surface area (Å²) in [5, 5.41) is 5.87. The lowest BCUT2D eigenvalue weighted by molar-refractivity contribution is -0.119. The number of carbonyl (C=O) groups is 2. The molecule has 0 aliphatic carbocycles. The molecule has 0 unspecified atom stereocenters. The lowest BCUT2D eigenvalue weighted by atomic mass is 10.2. The summed E-state index contributed by atoms with van der Waals surface area (Å²) in [5.41, 5.74) is 1.54. The molecule has 2 N–H and O–H groups in total. The molecule has 2 amide bonds. The topological polar surface area (TPSA) is 61.4 Å². The fraction of sp³-hybridized carbons (Fsp3) is 0.500. The van der Waals surface area contributed by atoms with E-state index in [1.807, 2.05) is 43.0 Å². The van der Waals surface area contributed by atoms with Crippen molar-refractivity contribution in [2.75, 3.05) is 25.0 Å². The van der Waals surface area contributed by atoms with Gasteiger partial charge in [0.25, 0.3) is 5.91 Å². The van der Waals surface area contributed by atoms with Gasteiger partial charge < -0.3 is 15.5 Å². The molecule has 5 nitrogen and oxygen atoms in total. The van der Waals surface area contributed by atoms with Crippen LogP contribution in [0, 0.1) is 0 Å². The predicted molar refractivity (Wildman–Crippen MR) is 83.3 cm³/mol. The largest absolute Gasteiger partial charge is 0.376 e. The zero-order valence-corrected chi connectivity index (χ0v) is 12.7. The number of anilines is 1. The van der Waals surface area contributed by atoms with Gasteiger partial charge in [-0.25, -0.2) is 0 Å². The molecule has 5 heteroatoms. The van der Waals surface area contributed by atoms with Crippen LogP contribution < -0.4 is 10.6 Å². The van der Waals surface area contributed by atoms with Crippen LogP contribution in [0.2, 0.25) is 0 Å². The van der Waals surface area contributed by atoms with Gasteiger partial charge in [0.1, 0.15) is 0 Å². The maximum absolute atomic E-state index is 12.2. The van der Waals surface area contributed by atoms with Crippen LogP contribution >= 0.6 is 0 Å². The molecule has 2 rings (SSSR count). The molecule has 0 atom stereocenters. The second-order valence-electron chi connectivity index (χ2n) is 5.65. The number of hydrogen-bond donors (Lipinski definition) is 2. The molecule has 0 bridgehead atoms. The van der Waals surface area contributed by atoms with Crippen molar-refractivity contribution in [1.82, 2.24) is 10.2 Å². The van der Waals surface area contributed by atoms with Crippen LogP contribution in [0.3, 0.4) is 0 Å². The summed E-state index contributed by atoms with van der Waals surface area (Å²) in [5.74, 6) is 0.0545. The van der Waals surface area contributed by atoms with E-state index < -0.39 is 0 Å². The third-order valence-electron chi connectivity index (χ3n) is 3.43. The van der Waals surface area contributed by atoms with E-state index in [9.17, 15) is 9.59 Å². The number of nitrogens with zero attached hydrogens (tertiary/aromatic N) is 1. The van der Waals surface area contributed by atoms with Crippen LogP contribution in [0.4, 0.5) is 5.69 Å². The highest BCUT2D eigenvalue weighted by molar-refractivity contribution is 5.94. The van der Waals surface area contributed by atoms with Crippen LogP contribution in [0.1, 0.15) is 37.0 Å². The fourth-order valence-corrected chi connectivity index (χ4v) is 2.39. The fourth-order valence-electron chi connectivity index (χ4n) is 2.39. The van der Waals surface area contributed by atoms with Crippen molar-refractivity contribution >= 4 is 17.5 Å². The van der Waals surface area contributed by atoms with Gasteiger partial charge >= 0.3 is 0 Å². The smallest absolute Gasteiger partial charge is 0.253 e. The van der Waals surface area contributed by atoms with E-state index in [1.165, 1.54) is 0 Å². The molecule has 1 aliphatic rings. The molecule has 21 heavy (non-hydrogen) atoms. The molecule has 114 valence electrons. The SMILES string of the molecule is CC(C)NC(=O)CNc1ccc(C(=O)N2CCCC2)cc1. The quantitative estimate of drug-likeness (QED) is 0.870. The van der Waals surface area contributed by atoms with Crippen molar-refractivity contribution < 1.29 is 9.59 Å². The highest BCUT2D eigenvalue weighted by Crippen LogP contribution is 2.15. The molecule has 1 aliphatic heterocycles. The number of nitrogens with one attached hydrogen (secondary N) is 2. The summed E-state index contributed by atoms with van der Waals surface area (Å²) < 4.78 is 0. The molecule has 0 aromatic heterocycles. The Bertz CT molecular complexity index is 491. The molecule has 1 aromatic carbocycles. The number of benzene rings is 1. The third-order valence-corrected chi connectivity index (χ3v) is 3.43. The van der Waals surface area contributed by atoms with E-state index in [4.69, 9.17) is 0 Å². The van der Waals surface area contributed by atoms with Crippen molar-refractivity contribution in [2.24, 2.45) is 0 Å². The standard InChI is InChI=1S/C16H23N3O2/c1-12(2)18-15(20)11-17-14-7-5-13(6-8-14)16(21)19-9-3-4-10-19/h5-8,12,17H,3-4,9-11H2,1-2H3,(H,18,20). The Kier molecular flexibility index (Phi) is 5.20. The van der Waals surface area contributed by atoms with E-state index in [0.717, 1.165) is 31.6 Å². The van der Waals surface area contributed by atoms with Gasteiger partial charge in [-0.3, -0.25) is 9.59 Å². The van der Waals surface area contributed by atoms with Gasteiger partial charge in [0.2, 0.25) is 5.91 Å². The second kappa shape index (κ2) is 7.11. The molecule has 0 spiro atoms.